The van der Waals surface area contributed by atoms with Crippen LogP contribution < -0.4 is 10.6 Å². The lowest BCUT2D eigenvalue weighted by Gasteiger charge is -2.31. The van der Waals surface area contributed by atoms with Crippen molar-refractivity contribution in [3.05, 3.63) is 108 Å². The maximum absolute atomic E-state index is 13.7. The van der Waals surface area contributed by atoms with Gasteiger partial charge in [-0.25, -0.2) is 0 Å². The highest BCUT2D eigenvalue weighted by Crippen LogP contribution is 2.32. The van der Waals surface area contributed by atoms with Crippen LogP contribution in [-0.2, 0) is 27.2 Å². The highest BCUT2D eigenvalue weighted by Gasteiger charge is 2.32. The van der Waals surface area contributed by atoms with Crippen molar-refractivity contribution >= 4 is 29.6 Å². The van der Waals surface area contributed by atoms with Crippen molar-refractivity contribution in [1.82, 2.24) is 15.5 Å². The first-order valence-electron chi connectivity index (χ1n) is 12.8. The molecule has 0 saturated carbocycles. The Hall–Kier alpha value is -4.72. The summed E-state index contributed by atoms with van der Waals surface area (Å²) in [6.07, 6.45) is 5.79. The summed E-state index contributed by atoms with van der Waals surface area (Å²) in [6, 6.07) is 22.0. The molecule has 0 bridgehead atoms. The van der Waals surface area contributed by atoms with Gasteiger partial charge in [0, 0.05) is 45.1 Å². The average Bonchev–Trinajstić information content (AvgIpc) is 3.35. The minimum atomic E-state index is -0.884. The molecule has 3 atom stereocenters. The van der Waals surface area contributed by atoms with Gasteiger partial charge in [0.15, 0.2) is 0 Å². The predicted octanol–water partition coefficient (Wildman–Crippen LogP) is 3.64. The van der Waals surface area contributed by atoms with Crippen LogP contribution in [0.15, 0.2) is 96.1 Å². The van der Waals surface area contributed by atoms with Crippen molar-refractivity contribution in [2.24, 2.45) is 4.99 Å². The fourth-order valence-corrected chi connectivity index (χ4v) is 4.57. The summed E-state index contributed by atoms with van der Waals surface area (Å²) in [6.45, 7) is 1.35. The van der Waals surface area contributed by atoms with Crippen LogP contribution in [0.2, 0.25) is 0 Å². The molecule has 39 heavy (non-hydrogen) atoms. The minimum absolute atomic E-state index is 0.0529. The lowest BCUT2D eigenvalue weighted by atomic mass is 10.0. The Morgan fingerprint density at radius 2 is 1.62 bits per heavy atom. The van der Waals surface area contributed by atoms with Crippen molar-refractivity contribution in [2.45, 2.75) is 37.8 Å². The SMILES string of the molecule is CC(=O)N[C@@H](Cc1ccc(O)cc1)C(=O)N(C)[C@@H](Cc1ccccc1)C(=O)N/C=C/C1C=Nc2ccccc21. The van der Waals surface area contributed by atoms with E-state index in [1.54, 1.807) is 25.4 Å². The molecular formula is C31H32N4O4. The molecule has 0 aliphatic carbocycles. The second-order valence-corrected chi connectivity index (χ2v) is 9.51. The third-order valence-electron chi connectivity index (χ3n) is 6.64. The van der Waals surface area contributed by atoms with Gasteiger partial charge in [-0.1, -0.05) is 66.7 Å². The summed E-state index contributed by atoms with van der Waals surface area (Å²) in [7, 11) is 1.57. The molecule has 4 rings (SSSR count). The van der Waals surface area contributed by atoms with E-state index < -0.39 is 18.0 Å². The Bertz CT molecular complexity index is 1370. The molecule has 0 aromatic heterocycles. The minimum Gasteiger partial charge on any atom is -0.508 e. The largest absolute Gasteiger partial charge is 0.508 e. The number of phenols is 1. The molecule has 1 unspecified atom stereocenters. The quantitative estimate of drug-likeness (QED) is 0.376. The molecule has 0 saturated heterocycles. The van der Waals surface area contributed by atoms with Gasteiger partial charge >= 0.3 is 0 Å². The number of amides is 3. The molecule has 200 valence electrons. The summed E-state index contributed by atoms with van der Waals surface area (Å²) in [4.78, 5) is 44.9. The van der Waals surface area contributed by atoms with Crippen LogP contribution in [0.4, 0.5) is 5.69 Å². The van der Waals surface area contributed by atoms with Crippen molar-refractivity contribution in [2.75, 3.05) is 7.05 Å². The number of nitrogens with one attached hydrogen (secondary N) is 2. The van der Waals surface area contributed by atoms with E-state index in [9.17, 15) is 19.5 Å². The summed E-state index contributed by atoms with van der Waals surface area (Å²) >= 11 is 0. The van der Waals surface area contributed by atoms with Crippen LogP contribution in [0.5, 0.6) is 5.75 Å². The van der Waals surface area contributed by atoms with E-state index in [0.29, 0.717) is 6.42 Å². The highest BCUT2D eigenvalue weighted by molar-refractivity contribution is 5.92. The van der Waals surface area contributed by atoms with Gasteiger partial charge in [0.05, 0.1) is 5.69 Å². The highest BCUT2D eigenvalue weighted by atomic mass is 16.3. The Kier molecular flexibility index (Phi) is 8.89. The van der Waals surface area contributed by atoms with E-state index in [0.717, 1.165) is 22.4 Å². The number of benzene rings is 3. The number of allylic oxidation sites excluding steroid dienone is 1. The number of hydrogen-bond acceptors (Lipinski definition) is 5. The van der Waals surface area contributed by atoms with E-state index in [4.69, 9.17) is 0 Å². The number of fused-ring (bicyclic) bond motifs is 1. The zero-order valence-electron chi connectivity index (χ0n) is 22.0. The van der Waals surface area contributed by atoms with E-state index in [-0.39, 0.29) is 29.9 Å². The molecule has 8 nitrogen and oxygen atoms in total. The molecule has 0 spiro atoms. The third-order valence-corrected chi connectivity index (χ3v) is 6.64. The van der Waals surface area contributed by atoms with Gasteiger partial charge in [0.25, 0.3) is 0 Å². The Balaban J connectivity index is 1.52. The molecule has 1 aliphatic heterocycles. The lowest BCUT2D eigenvalue weighted by molar-refractivity contribution is -0.141. The summed E-state index contributed by atoms with van der Waals surface area (Å²) in [5.74, 6) is -1.04. The van der Waals surface area contributed by atoms with Crippen LogP contribution in [0, 0.1) is 0 Å². The van der Waals surface area contributed by atoms with Crippen molar-refractivity contribution in [3.8, 4) is 5.75 Å². The molecule has 3 aromatic carbocycles. The van der Waals surface area contributed by atoms with Gasteiger partial charge in [-0.05, 0) is 34.9 Å². The number of nitrogens with zero attached hydrogens (tertiary/aromatic N) is 2. The standard InChI is InChI=1S/C31H32N4O4/c1-21(36)34-28(18-23-12-14-25(37)15-13-23)31(39)35(2)29(19-22-8-4-3-5-9-22)30(38)32-17-16-24-20-33-27-11-7-6-10-26(24)27/h3-17,20,24,28-29,37H,18-19H2,1-2H3,(H,32,38)(H,34,36)/b17-16+/t24?,28-,29-/m0/s1. The number of rotatable bonds is 10. The third kappa shape index (κ3) is 7.19. The smallest absolute Gasteiger partial charge is 0.247 e. The number of carbonyl (C=O) groups excluding carboxylic acids is 3. The van der Waals surface area contributed by atoms with Crippen molar-refractivity contribution in [3.63, 3.8) is 0 Å². The number of phenolic OH excluding ortho intramolecular Hbond substituents is 1. The molecular weight excluding hydrogens is 492 g/mol. The number of aromatic hydroxyl groups is 1. The molecule has 3 N–H and O–H groups in total. The lowest BCUT2D eigenvalue weighted by Crippen LogP contribution is -2.55. The Labute approximate surface area is 228 Å². The summed E-state index contributed by atoms with van der Waals surface area (Å²) in [5, 5.41) is 15.2. The van der Waals surface area contributed by atoms with Gasteiger partial charge in [0.2, 0.25) is 17.7 Å². The van der Waals surface area contributed by atoms with Gasteiger partial charge in [-0.3, -0.25) is 19.4 Å². The van der Waals surface area contributed by atoms with E-state index in [1.165, 1.54) is 24.0 Å². The van der Waals surface area contributed by atoms with Gasteiger partial charge < -0.3 is 20.6 Å². The average molecular weight is 525 g/mol. The molecule has 1 aliphatic rings. The van der Waals surface area contributed by atoms with Crippen LogP contribution >= 0.6 is 0 Å². The van der Waals surface area contributed by atoms with Crippen LogP contribution in [-0.4, -0.2) is 53.1 Å². The second kappa shape index (κ2) is 12.7. The Morgan fingerprint density at radius 3 is 2.33 bits per heavy atom. The fourth-order valence-electron chi connectivity index (χ4n) is 4.57. The number of carbonyl (C=O) groups is 3. The maximum atomic E-state index is 13.7. The number of aliphatic imine (C=N–C) groups is 1. The van der Waals surface area contributed by atoms with E-state index in [2.05, 4.69) is 15.6 Å². The topological polar surface area (TPSA) is 111 Å². The zero-order valence-corrected chi connectivity index (χ0v) is 22.0. The van der Waals surface area contributed by atoms with E-state index in [1.807, 2.05) is 66.9 Å². The Morgan fingerprint density at radius 1 is 0.949 bits per heavy atom. The normalized spacial score (nSPS) is 15.4. The van der Waals surface area contributed by atoms with Crippen LogP contribution in [0.25, 0.3) is 0 Å². The van der Waals surface area contributed by atoms with Gasteiger partial charge in [-0.2, -0.15) is 0 Å². The number of para-hydroxylation sites is 1. The molecule has 8 heteroatoms. The van der Waals surface area contributed by atoms with E-state index >= 15 is 0 Å². The molecule has 0 fully saturated rings. The second-order valence-electron chi connectivity index (χ2n) is 9.51. The number of likely N-dealkylation sites (N-methyl/N-ethyl adjacent to an activating group) is 1. The first-order chi connectivity index (χ1) is 18.8. The van der Waals surface area contributed by atoms with Crippen molar-refractivity contribution in [1.29, 1.82) is 0 Å². The van der Waals surface area contributed by atoms with Crippen LogP contribution in [0.1, 0.15) is 29.5 Å². The molecule has 1 heterocycles. The monoisotopic (exact) mass is 524 g/mol. The summed E-state index contributed by atoms with van der Waals surface area (Å²) < 4.78 is 0. The fraction of sp³-hybridized carbons (Fsp3) is 0.226. The van der Waals surface area contributed by atoms with Gasteiger partial charge in [0.1, 0.15) is 17.8 Å². The van der Waals surface area contributed by atoms with Gasteiger partial charge in [-0.15, -0.1) is 0 Å². The summed E-state index contributed by atoms with van der Waals surface area (Å²) in [5.41, 5.74) is 3.62. The first-order valence-corrected chi connectivity index (χ1v) is 12.8. The first kappa shape index (κ1) is 27.3. The zero-order chi connectivity index (χ0) is 27.8. The predicted molar refractivity (Wildman–Crippen MR) is 151 cm³/mol. The molecule has 3 aromatic rings. The molecule has 0 radical (unpaired) electrons. The van der Waals surface area contributed by atoms with Crippen LogP contribution in [0.3, 0.4) is 0 Å². The number of hydrogen-bond donors (Lipinski definition) is 3. The maximum Gasteiger partial charge on any atom is 0.247 e. The molecule has 3 amide bonds. The van der Waals surface area contributed by atoms with Crippen molar-refractivity contribution < 1.29 is 19.5 Å².